The summed E-state index contributed by atoms with van der Waals surface area (Å²) in [5.74, 6) is -0.306. The number of carbonyl (C=O) groups excluding carboxylic acids is 3. The van der Waals surface area contributed by atoms with Crippen LogP contribution in [0.3, 0.4) is 0 Å². The van der Waals surface area contributed by atoms with Gasteiger partial charge in [-0.05, 0) is 0 Å². The maximum absolute atomic E-state index is 11.8. The van der Waals surface area contributed by atoms with Crippen molar-refractivity contribution in [3.63, 3.8) is 0 Å². The predicted octanol–water partition coefficient (Wildman–Crippen LogP) is -0.503. The van der Waals surface area contributed by atoms with E-state index in [-0.39, 0.29) is 30.7 Å². The summed E-state index contributed by atoms with van der Waals surface area (Å²) < 4.78 is 0. The third-order valence-corrected chi connectivity index (χ3v) is 2.70. The number of rotatable bonds is 3. The SMILES string of the molecule is CC(C)(C)C(=O)NCCC(=O)N1CCNC(=O)C1. The van der Waals surface area contributed by atoms with E-state index in [1.807, 2.05) is 20.8 Å². The fourth-order valence-electron chi connectivity index (χ4n) is 1.56. The number of nitrogens with one attached hydrogen (secondary N) is 2. The van der Waals surface area contributed by atoms with Crippen LogP contribution in [0.25, 0.3) is 0 Å². The smallest absolute Gasteiger partial charge is 0.239 e. The summed E-state index contributed by atoms with van der Waals surface area (Å²) in [4.78, 5) is 36.0. The van der Waals surface area contributed by atoms with Gasteiger partial charge in [-0.15, -0.1) is 0 Å². The summed E-state index contributed by atoms with van der Waals surface area (Å²) in [6, 6.07) is 0. The van der Waals surface area contributed by atoms with Gasteiger partial charge in [0.2, 0.25) is 17.7 Å². The Labute approximate surface area is 107 Å². The van der Waals surface area contributed by atoms with Crippen molar-refractivity contribution in [2.24, 2.45) is 5.41 Å². The first-order valence-electron chi connectivity index (χ1n) is 6.13. The lowest BCUT2D eigenvalue weighted by molar-refractivity contribution is -0.138. The minimum atomic E-state index is -0.450. The van der Waals surface area contributed by atoms with Gasteiger partial charge in [0.05, 0.1) is 6.54 Å². The Bertz CT molecular complexity index is 347. The van der Waals surface area contributed by atoms with Crippen LogP contribution in [-0.4, -0.2) is 48.8 Å². The highest BCUT2D eigenvalue weighted by Gasteiger charge is 2.23. The van der Waals surface area contributed by atoms with Crippen molar-refractivity contribution in [1.29, 1.82) is 0 Å². The molecule has 2 N–H and O–H groups in total. The summed E-state index contributed by atoms with van der Waals surface area (Å²) in [6.07, 6.45) is 0.231. The number of hydrogen-bond donors (Lipinski definition) is 2. The first kappa shape index (κ1) is 14.5. The summed E-state index contributed by atoms with van der Waals surface area (Å²) in [5.41, 5.74) is -0.450. The molecule has 0 radical (unpaired) electrons. The van der Waals surface area contributed by atoms with Crippen molar-refractivity contribution < 1.29 is 14.4 Å². The molecule has 1 saturated heterocycles. The van der Waals surface area contributed by atoms with Crippen molar-refractivity contribution in [2.75, 3.05) is 26.2 Å². The van der Waals surface area contributed by atoms with Crippen LogP contribution in [0.4, 0.5) is 0 Å². The molecule has 0 aromatic carbocycles. The zero-order valence-corrected chi connectivity index (χ0v) is 11.2. The first-order valence-corrected chi connectivity index (χ1v) is 6.13. The number of carbonyl (C=O) groups is 3. The van der Waals surface area contributed by atoms with Crippen LogP contribution < -0.4 is 10.6 Å². The topological polar surface area (TPSA) is 78.5 Å². The molecule has 1 aliphatic heterocycles. The molecule has 1 rings (SSSR count). The monoisotopic (exact) mass is 255 g/mol. The van der Waals surface area contributed by atoms with Crippen molar-refractivity contribution in [1.82, 2.24) is 15.5 Å². The molecule has 0 bridgehead atoms. The van der Waals surface area contributed by atoms with E-state index in [4.69, 9.17) is 0 Å². The summed E-state index contributed by atoms with van der Waals surface area (Å²) >= 11 is 0. The maximum Gasteiger partial charge on any atom is 0.239 e. The molecular formula is C12H21N3O3. The number of piperazine rings is 1. The zero-order valence-electron chi connectivity index (χ0n) is 11.2. The van der Waals surface area contributed by atoms with E-state index < -0.39 is 5.41 Å². The molecule has 1 aliphatic rings. The molecule has 0 unspecified atom stereocenters. The van der Waals surface area contributed by atoms with Crippen molar-refractivity contribution in [2.45, 2.75) is 27.2 Å². The maximum atomic E-state index is 11.8. The quantitative estimate of drug-likeness (QED) is 0.713. The molecule has 6 nitrogen and oxygen atoms in total. The minimum Gasteiger partial charge on any atom is -0.355 e. The predicted molar refractivity (Wildman–Crippen MR) is 66.7 cm³/mol. The van der Waals surface area contributed by atoms with Crippen LogP contribution in [0.1, 0.15) is 27.2 Å². The van der Waals surface area contributed by atoms with E-state index in [2.05, 4.69) is 10.6 Å². The molecule has 18 heavy (non-hydrogen) atoms. The summed E-state index contributed by atoms with van der Waals surface area (Å²) in [6.45, 7) is 6.92. The van der Waals surface area contributed by atoms with Crippen LogP contribution in [0, 0.1) is 5.41 Å². The molecule has 0 aliphatic carbocycles. The van der Waals surface area contributed by atoms with Crippen molar-refractivity contribution in [3.05, 3.63) is 0 Å². The van der Waals surface area contributed by atoms with Crippen LogP contribution in [0.5, 0.6) is 0 Å². The van der Waals surface area contributed by atoms with E-state index in [0.717, 1.165) is 0 Å². The fraction of sp³-hybridized carbons (Fsp3) is 0.750. The average molecular weight is 255 g/mol. The summed E-state index contributed by atoms with van der Waals surface area (Å²) in [7, 11) is 0. The third kappa shape index (κ3) is 4.35. The molecule has 0 aromatic rings. The number of hydrogen-bond acceptors (Lipinski definition) is 3. The lowest BCUT2D eigenvalue weighted by Crippen LogP contribution is -2.50. The highest BCUT2D eigenvalue weighted by atomic mass is 16.2. The minimum absolute atomic E-state index is 0.0771. The van der Waals surface area contributed by atoms with E-state index in [1.165, 1.54) is 4.90 Å². The molecule has 0 aromatic heterocycles. The zero-order chi connectivity index (χ0) is 13.8. The standard InChI is InChI=1S/C12H21N3O3/c1-12(2,3)11(18)14-5-4-10(17)15-7-6-13-9(16)8-15/h4-8H2,1-3H3,(H,13,16)(H,14,18). The Morgan fingerprint density at radius 1 is 1.39 bits per heavy atom. The van der Waals surface area contributed by atoms with Gasteiger partial charge in [0, 0.05) is 31.5 Å². The van der Waals surface area contributed by atoms with E-state index in [1.54, 1.807) is 0 Å². The van der Waals surface area contributed by atoms with Crippen LogP contribution in [0.15, 0.2) is 0 Å². The highest BCUT2D eigenvalue weighted by molar-refractivity contribution is 5.86. The van der Waals surface area contributed by atoms with Gasteiger partial charge in [-0.25, -0.2) is 0 Å². The van der Waals surface area contributed by atoms with Crippen LogP contribution in [0.2, 0.25) is 0 Å². The molecule has 0 atom stereocenters. The second-order valence-electron chi connectivity index (χ2n) is 5.42. The van der Waals surface area contributed by atoms with E-state index in [9.17, 15) is 14.4 Å². The Balaban J connectivity index is 2.29. The van der Waals surface area contributed by atoms with Gasteiger partial charge in [0.15, 0.2) is 0 Å². The largest absolute Gasteiger partial charge is 0.355 e. The Hall–Kier alpha value is -1.59. The Morgan fingerprint density at radius 2 is 2.06 bits per heavy atom. The molecule has 3 amide bonds. The lowest BCUT2D eigenvalue weighted by Gasteiger charge is -2.27. The van der Waals surface area contributed by atoms with Crippen LogP contribution >= 0.6 is 0 Å². The second kappa shape index (κ2) is 5.84. The van der Waals surface area contributed by atoms with Gasteiger partial charge < -0.3 is 15.5 Å². The molecular weight excluding hydrogens is 234 g/mol. The second-order valence-corrected chi connectivity index (χ2v) is 5.42. The first-order chi connectivity index (χ1) is 8.30. The van der Waals surface area contributed by atoms with Gasteiger partial charge in [-0.2, -0.15) is 0 Å². The lowest BCUT2D eigenvalue weighted by atomic mass is 9.96. The Kier molecular flexibility index (Phi) is 4.69. The van der Waals surface area contributed by atoms with E-state index >= 15 is 0 Å². The number of amides is 3. The van der Waals surface area contributed by atoms with Gasteiger partial charge in [0.25, 0.3) is 0 Å². The highest BCUT2D eigenvalue weighted by Crippen LogP contribution is 2.12. The molecule has 0 saturated carbocycles. The number of nitrogens with zero attached hydrogens (tertiary/aromatic N) is 1. The Morgan fingerprint density at radius 3 is 2.61 bits per heavy atom. The van der Waals surface area contributed by atoms with Gasteiger partial charge in [-0.1, -0.05) is 20.8 Å². The molecule has 0 spiro atoms. The fourth-order valence-corrected chi connectivity index (χ4v) is 1.56. The van der Waals surface area contributed by atoms with Gasteiger partial charge >= 0.3 is 0 Å². The van der Waals surface area contributed by atoms with Gasteiger partial charge in [0.1, 0.15) is 0 Å². The van der Waals surface area contributed by atoms with E-state index in [0.29, 0.717) is 19.6 Å². The summed E-state index contributed by atoms with van der Waals surface area (Å²) in [5, 5.41) is 5.38. The molecule has 102 valence electrons. The normalized spacial score (nSPS) is 16.2. The molecule has 6 heteroatoms. The van der Waals surface area contributed by atoms with Crippen LogP contribution in [-0.2, 0) is 14.4 Å². The van der Waals surface area contributed by atoms with Crippen molar-refractivity contribution in [3.8, 4) is 0 Å². The van der Waals surface area contributed by atoms with Gasteiger partial charge in [-0.3, -0.25) is 14.4 Å². The third-order valence-electron chi connectivity index (χ3n) is 2.70. The molecule has 1 heterocycles. The average Bonchev–Trinajstić information content (AvgIpc) is 2.27. The van der Waals surface area contributed by atoms with Crippen molar-refractivity contribution >= 4 is 17.7 Å². The molecule has 1 fully saturated rings.